The minimum atomic E-state index is -0.0911. The Morgan fingerprint density at radius 3 is 1.09 bits per heavy atom. The van der Waals surface area contributed by atoms with Gasteiger partial charge in [0.2, 0.25) is 0 Å². The van der Waals surface area contributed by atoms with Crippen molar-refractivity contribution in [1.29, 1.82) is 0 Å². The molecule has 4 aromatic carbocycles. The van der Waals surface area contributed by atoms with Crippen molar-refractivity contribution in [2.24, 2.45) is 0 Å². The van der Waals surface area contributed by atoms with Crippen molar-refractivity contribution in [2.75, 3.05) is 0 Å². The van der Waals surface area contributed by atoms with Crippen molar-refractivity contribution in [2.45, 2.75) is 165 Å². The van der Waals surface area contributed by atoms with Gasteiger partial charge in [0.15, 0.2) is 0 Å². The van der Waals surface area contributed by atoms with Crippen molar-refractivity contribution in [3.63, 3.8) is 0 Å². The van der Waals surface area contributed by atoms with E-state index in [2.05, 4.69) is 147 Å². The zero-order chi connectivity index (χ0) is 34.2. The maximum Gasteiger partial charge on any atom is 4.00 e. The van der Waals surface area contributed by atoms with Gasteiger partial charge in [-0.25, -0.2) is 0 Å². The number of benzene rings is 2. The van der Waals surface area contributed by atoms with Crippen molar-refractivity contribution in [3.8, 4) is 0 Å². The van der Waals surface area contributed by atoms with Gasteiger partial charge >= 0.3 is 26.2 Å². The van der Waals surface area contributed by atoms with E-state index in [1.807, 2.05) is 0 Å². The van der Waals surface area contributed by atoms with Crippen LogP contribution in [0, 0.1) is 13.8 Å². The third-order valence-corrected chi connectivity index (χ3v) is 9.54. The fraction of sp³-hybridized carbons (Fsp3) is 0.556. The molecule has 0 N–H and O–H groups in total. The van der Waals surface area contributed by atoms with Crippen molar-refractivity contribution in [1.82, 2.24) is 0 Å². The third kappa shape index (κ3) is 9.37. The molecule has 0 aliphatic carbocycles. The van der Waals surface area contributed by atoms with Crippen LogP contribution in [0.15, 0.2) is 36.4 Å². The SMILES string of the molecule is CCc1[cH-]c2cc(C(C)C)cc(C(C)C)c2c1C(C)(C)c1c(CC)[cH-]c2cc(C(C)C)cc(C(C)C)c12.[CH2-]CCC.[CH2-]CCC.[Zr+4]. The second kappa shape index (κ2) is 18.9. The fourth-order valence-electron chi connectivity index (χ4n) is 6.76. The van der Waals surface area contributed by atoms with Crippen LogP contribution in [0.4, 0.5) is 0 Å². The van der Waals surface area contributed by atoms with Crippen molar-refractivity contribution < 1.29 is 26.2 Å². The summed E-state index contributed by atoms with van der Waals surface area (Å²) >= 11 is 0. The largest absolute Gasteiger partial charge is 4.00 e. The molecule has 1 heteroatoms. The topological polar surface area (TPSA) is 0 Å². The van der Waals surface area contributed by atoms with Gasteiger partial charge in [0, 0.05) is 0 Å². The first-order valence-corrected chi connectivity index (χ1v) is 18.3. The summed E-state index contributed by atoms with van der Waals surface area (Å²) in [6.07, 6.45) is 6.69. The maximum absolute atomic E-state index is 3.60. The molecule has 252 valence electrons. The Bertz CT molecular complexity index is 1360. The summed E-state index contributed by atoms with van der Waals surface area (Å²) in [7, 11) is 0. The van der Waals surface area contributed by atoms with Crippen molar-refractivity contribution in [3.05, 3.63) is 94.8 Å². The monoisotopic (exact) mass is 698 g/mol. The molecule has 0 atom stereocenters. The maximum atomic E-state index is 3.60. The van der Waals surface area contributed by atoms with E-state index in [9.17, 15) is 0 Å². The van der Waals surface area contributed by atoms with E-state index in [-0.39, 0.29) is 31.6 Å². The standard InChI is InChI=1S/C37H50.2C4H9.Zr/c1-13-25-15-29-17-27(21(3)4)19-31(23(7)8)33(29)35(25)37(11,12)36-26(14-2)16-30-18-28(22(5)6)20-32(24(9)10)34(30)36;2*1-3-4-2;/h15-24H,13-14H2,1-12H3;2*1,3-4H2,2H3;/q-2;2*-1;+4. The van der Waals surface area contributed by atoms with Gasteiger partial charge in [-0.05, 0) is 36.5 Å². The molecule has 0 amide bonds. The van der Waals surface area contributed by atoms with Gasteiger partial charge in [0.25, 0.3) is 0 Å². The summed E-state index contributed by atoms with van der Waals surface area (Å²) in [5.74, 6) is 2.05. The van der Waals surface area contributed by atoms with Gasteiger partial charge in [-0.15, -0.1) is 68.1 Å². The Hall–Kier alpha value is -1.46. The van der Waals surface area contributed by atoms with E-state index >= 15 is 0 Å². The predicted octanol–water partition coefficient (Wildman–Crippen LogP) is 14.6. The summed E-state index contributed by atoms with van der Waals surface area (Å²) in [6, 6.07) is 15.0. The summed E-state index contributed by atoms with van der Waals surface area (Å²) in [5, 5.41) is 5.91. The van der Waals surface area contributed by atoms with Gasteiger partial charge < -0.3 is 13.8 Å². The number of rotatable bonds is 10. The predicted molar refractivity (Wildman–Crippen MR) is 207 cm³/mol. The van der Waals surface area contributed by atoms with Crippen molar-refractivity contribution >= 4 is 21.5 Å². The fourth-order valence-corrected chi connectivity index (χ4v) is 6.76. The molecule has 46 heavy (non-hydrogen) atoms. The smallest absolute Gasteiger partial charge is 0.343 e. The minimum absolute atomic E-state index is 0. The van der Waals surface area contributed by atoms with Crippen LogP contribution >= 0.6 is 0 Å². The average Bonchev–Trinajstić information content (AvgIpc) is 3.59. The molecular formula is C45H68Zr. The van der Waals surface area contributed by atoms with Crippen LogP contribution in [0.5, 0.6) is 0 Å². The number of fused-ring (bicyclic) bond motifs is 2. The van der Waals surface area contributed by atoms with E-state index in [1.54, 1.807) is 11.1 Å². The van der Waals surface area contributed by atoms with E-state index in [0.717, 1.165) is 25.7 Å². The molecule has 0 saturated heterocycles. The molecule has 0 aliphatic heterocycles. The van der Waals surface area contributed by atoms with E-state index in [4.69, 9.17) is 0 Å². The summed E-state index contributed by atoms with van der Waals surface area (Å²) in [5.41, 5.74) is 12.0. The number of hydrogen-bond acceptors (Lipinski definition) is 0. The first-order chi connectivity index (χ1) is 21.2. The molecular weight excluding hydrogens is 632 g/mol. The van der Waals surface area contributed by atoms with E-state index in [0.29, 0.717) is 23.7 Å². The zero-order valence-corrected chi connectivity index (χ0v) is 34.9. The molecule has 0 spiro atoms. The van der Waals surface area contributed by atoms with Crippen LogP contribution in [0.25, 0.3) is 21.5 Å². The van der Waals surface area contributed by atoms with Gasteiger partial charge in [-0.2, -0.15) is 12.8 Å². The second-order valence-electron chi connectivity index (χ2n) is 14.9. The van der Waals surface area contributed by atoms with Crippen LogP contribution in [0.3, 0.4) is 0 Å². The summed E-state index contributed by atoms with van der Waals surface area (Å²) in [6.45, 7) is 39.9. The van der Waals surface area contributed by atoms with Crippen LogP contribution in [-0.2, 0) is 44.5 Å². The Morgan fingerprint density at radius 1 is 0.565 bits per heavy atom. The number of aryl methyl sites for hydroxylation is 2. The van der Waals surface area contributed by atoms with Crippen LogP contribution in [-0.4, -0.2) is 0 Å². The normalized spacial score (nSPS) is 11.7. The molecule has 0 fully saturated rings. The third-order valence-electron chi connectivity index (χ3n) is 9.54. The summed E-state index contributed by atoms with van der Waals surface area (Å²) < 4.78 is 0. The molecule has 0 saturated carbocycles. The Morgan fingerprint density at radius 2 is 0.870 bits per heavy atom. The minimum Gasteiger partial charge on any atom is -0.343 e. The molecule has 4 aromatic rings. The van der Waals surface area contributed by atoms with E-state index < -0.39 is 0 Å². The molecule has 0 bridgehead atoms. The first kappa shape index (κ1) is 42.6. The quantitative estimate of drug-likeness (QED) is 0.145. The summed E-state index contributed by atoms with van der Waals surface area (Å²) in [4.78, 5) is 0. The molecule has 4 rings (SSSR count). The Kier molecular flexibility index (Phi) is 17.5. The van der Waals surface area contributed by atoms with Crippen LogP contribution in [0.1, 0.15) is 191 Å². The van der Waals surface area contributed by atoms with Gasteiger partial charge in [-0.1, -0.05) is 150 Å². The number of unbranched alkanes of at least 4 members (excludes halogenated alkanes) is 2. The van der Waals surface area contributed by atoms with Gasteiger partial charge in [-0.3, -0.25) is 0 Å². The average molecular weight is 700 g/mol. The van der Waals surface area contributed by atoms with Gasteiger partial charge in [0.05, 0.1) is 0 Å². The first-order valence-electron chi connectivity index (χ1n) is 18.3. The molecule has 0 radical (unpaired) electrons. The molecule has 0 aliphatic rings. The van der Waals surface area contributed by atoms with Crippen LogP contribution in [0.2, 0.25) is 0 Å². The Balaban J connectivity index is 0.00000106. The Labute approximate surface area is 305 Å². The van der Waals surface area contributed by atoms with Crippen LogP contribution < -0.4 is 0 Å². The molecule has 0 unspecified atom stereocenters. The molecule has 0 aromatic heterocycles. The zero-order valence-electron chi connectivity index (χ0n) is 32.4. The second-order valence-corrected chi connectivity index (χ2v) is 14.9. The molecule has 0 nitrogen and oxygen atoms in total. The number of hydrogen-bond donors (Lipinski definition) is 0. The molecule has 0 heterocycles. The van der Waals surface area contributed by atoms with E-state index in [1.165, 1.54) is 67.8 Å². The van der Waals surface area contributed by atoms with Gasteiger partial charge in [0.1, 0.15) is 0 Å².